The van der Waals surface area contributed by atoms with Crippen LogP contribution in [0.4, 0.5) is 0 Å². The monoisotopic (exact) mass is 192 g/mol. The molecule has 2 nitrogen and oxygen atoms in total. The second-order valence-corrected chi connectivity index (χ2v) is 4.54. The van der Waals surface area contributed by atoms with Crippen LogP contribution in [0.3, 0.4) is 0 Å². The molecule has 2 heterocycles. The number of aryl methyl sites for hydroxylation is 1. The molecule has 68 valence electrons. The average molecular weight is 192 g/mol. The van der Waals surface area contributed by atoms with Gasteiger partial charge in [-0.3, -0.25) is 0 Å². The minimum Gasteiger partial charge on any atom is -0.233 e. The van der Waals surface area contributed by atoms with Crippen LogP contribution in [-0.2, 0) is 0 Å². The lowest BCUT2D eigenvalue weighted by Crippen LogP contribution is -1.85. The Hall–Kier alpha value is -0.960. The summed E-state index contributed by atoms with van der Waals surface area (Å²) in [4.78, 5) is 8.86. The van der Waals surface area contributed by atoms with Crippen LogP contribution in [0.2, 0.25) is 0 Å². The molecule has 0 aliphatic rings. The standard InChI is InChI=1S/C10H12N2S/c1-6(2)10-12-9-8(13-10)5-4-7(3)11-9/h4-6H,1-3H3. The largest absolute Gasteiger partial charge is 0.233 e. The Morgan fingerprint density at radius 3 is 2.69 bits per heavy atom. The maximum absolute atomic E-state index is 4.48. The minimum atomic E-state index is 0.500. The number of hydrogen-bond acceptors (Lipinski definition) is 3. The molecular formula is C10H12N2S. The summed E-state index contributed by atoms with van der Waals surface area (Å²) in [7, 11) is 0. The second-order valence-electron chi connectivity index (χ2n) is 3.48. The maximum atomic E-state index is 4.48. The van der Waals surface area contributed by atoms with E-state index in [-0.39, 0.29) is 0 Å². The van der Waals surface area contributed by atoms with E-state index in [4.69, 9.17) is 0 Å². The summed E-state index contributed by atoms with van der Waals surface area (Å²) in [5, 5.41) is 1.17. The van der Waals surface area contributed by atoms with Gasteiger partial charge in [0.05, 0.1) is 9.71 Å². The fourth-order valence-corrected chi connectivity index (χ4v) is 2.09. The summed E-state index contributed by atoms with van der Waals surface area (Å²) in [5.41, 5.74) is 1.93. The predicted molar refractivity (Wildman–Crippen MR) is 56.2 cm³/mol. The fraction of sp³-hybridized carbons (Fsp3) is 0.400. The van der Waals surface area contributed by atoms with Crippen molar-refractivity contribution in [2.45, 2.75) is 26.7 Å². The molecule has 0 N–H and O–H groups in total. The first kappa shape index (κ1) is 8.63. The molecule has 3 heteroatoms. The Morgan fingerprint density at radius 2 is 2.00 bits per heavy atom. The summed E-state index contributed by atoms with van der Waals surface area (Å²) < 4.78 is 1.19. The molecule has 0 amide bonds. The smallest absolute Gasteiger partial charge is 0.170 e. The van der Waals surface area contributed by atoms with Crippen LogP contribution in [0, 0.1) is 6.92 Å². The molecule has 0 atom stereocenters. The van der Waals surface area contributed by atoms with Gasteiger partial charge in [-0.15, -0.1) is 11.3 Å². The highest BCUT2D eigenvalue weighted by molar-refractivity contribution is 7.18. The van der Waals surface area contributed by atoms with Gasteiger partial charge in [0.15, 0.2) is 5.65 Å². The van der Waals surface area contributed by atoms with Gasteiger partial charge in [-0.25, -0.2) is 9.97 Å². The SMILES string of the molecule is Cc1ccc2sc(C(C)C)nc2n1. The van der Waals surface area contributed by atoms with Crippen LogP contribution in [0.25, 0.3) is 10.3 Å². The lowest BCUT2D eigenvalue weighted by Gasteiger charge is -1.94. The lowest BCUT2D eigenvalue weighted by atomic mass is 10.2. The molecular weight excluding hydrogens is 180 g/mol. The maximum Gasteiger partial charge on any atom is 0.170 e. The third-order valence-corrected chi connectivity index (χ3v) is 3.21. The van der Waals surface area contributed by atoms with E-state index in [0.29, 0.717) is 5.92 Å². The van der Waals surface area contributed by atoms with Crippen molar-refractivity contribution in [2.75, 3.05) is 0 Å². The molecule has 0 aliphatic heterocycles. The summed E-state index contributed by atoms with van der Waals surface area (Å²) in [6, 6.07) is 4.13. The van der Waals surface area contributed by atoms with E-state index in [2.05, 4.69) is 29.9 Å². The zero-order valence-electron chi connectivity index (χ0n) is 8.03. The number of rotatable bonds is 1. The zero-order chi connectivity index (χ0) is 9.42. The topological polar surface area (TPSA) is 25.8 Å². The lowest BCUT2D eigenvalue weighted by molar-refractivity contribution is 0.855. The normalized spacial score (nSPS) is 11.4. The molecule has 2 aromatic rings. The molecule has 0 saturated carbocycles. The number of fused-ring (bicyclic) bond motifs is 1. The highest BCUT2D eigenvalue weighted by Gasteiger charge is 2.07. The highest BCUT2D eigenvalue weighted by atomic mass is 32.1. The number of hydrogen-bond donors (Lipinski definition) is 0. The van der Waals surface area contributed by atoms with Crippen molar-refractivity contribution in [2.24, 2.45) is 0 Å². The molecule has 0 saturated heterocycles. The van der Waals surface area contributed by atoms with Crippen molar-refractivity contribution in [3.8, 4) is 0 Å². The molecule has 0 radical (unpaired) electrons. The van der Waals surface area contributed by atoms with E-state index in [1.165, 1.54) is 9.71 Å². The van der Waals surface area contributed by atoms with E-state index >= 15 is 0 Å². The van der Waals surface area contributed by atoms with Crippen LogP contribution in [0.1, 0.15) is 30.5 Å². The van der Waals surface area contributed by atoms with Crippen LogP contribution in [-0.4, -0.2) is 9.97 Å². The van der Waals surface area contributed by atoms with Gasteiger partial charge in [0.1, 0.15) is 0 Å². The van der Waals surface area contributed by atoms with Gasteiger partial charge in [-0.05, 0) is 19.1 Å². The Morgan fingerprint density at radius 1 is 1.23 bits per heavy atom. The van der Waals surface area contributed by atoms with Crippen LogP contribution in [0.5, 0.6) is 0 Å². The van der Waals surface area contributed by atoms with E-state index in [9.17, 15) is 0 Å². The Bertz CT molecular complexity index is 431. The summed E-state index contributed by atoms with van der Waals surface area (Å²) in [6.45, 7) is 6.31. The van der Waals surface area contributed by atoms with Crippen molar-refractivity contribution < 1.29 is 0 Å². The van der Waals surface area contributed by atoms with Crippen LogP contribution in [0.15, 0.2) is 12.1 Å². The molecule has 0 aromatic carbocycles. The molecule has 2 rings (SSSR count). The zero-order valence-corrected chi connectivity index (χ0v) is 8.85. The van der Waals surface area contributed by atoms with E-state index < -0.39 is 0 Å². The quantitative estimate of drug-likeness (QED) is 0.693. The van der Waals surface area contributed by atoms with Crippen molar-refractivity contribution >= 4 is 21.7 Å². The number of aromatic nitrogens is 2. The van der Waals surface area contributed by atoms with Crippen LogP contribution < -0.4 is 0 Å². The summed E-state index contributed by atoms with van der Waals surface area (Å²) in [5.74, 6) is 0.500. The predicted octanol–water partition coefficient (Wildman–Crippen LogP) is 3.12. The van der Waals surface area contributed by atoms with Crippen LogP contribution >= 0.6 is 11.3 Å². The van der Waals surface area contributed by atoms with Gasteiger partial charge in [0, 0.05) is 11.6 Å². The first-order valence-electron chi connectivity index (χ1n) is 4.41. The first-order chi connectivity index (χ1) is 6.16. The highest BCUT2D eigenvalue weighted by Crippen LogP contribution is 2.25. The first-order valence-corrected chi connectivity index (χ1v) is 5.22. The number of pyridine rings is 1. The van der Waals surface area contributed by atoms with Gasteiger partial charge in [0.2, 0.25) is 0 Å². The van der Waals surface area contributed by atoms with E-state index in [0.717, 1.165) is 11.3 Å². The number of nitrogens with zero attached hydrogens (tertiary/aromatic N) is 2. The number of thiazole rings is 1. The molecule has 0 spiro atoms. The Kier molecular flexibility index (Phi) is 2.04. The second kappa shape index (κ2) is 3.07. The third-order valence-electron chi connectivity index (χ3n) is 1.90. The summed E-state index contributed by atoms with van der Waals surface area (Å²) in [6.07, 6.45) is 0. The van der Waals surface area contributed by atoms with Crippen molar-refractivity contribution in [1.82, 2.24) is 9.97 Å². The third kappa shape index (κ3) is 1.56. The van der Waals surface area contributed by atoms with Gasteiger partial charge in [-0.1, -0.05) is 13.8 Å². The van der Waals surface area contributed by atoms with Crippen molar-refractivity contribution in [1.29, 1.82) is 0 Å². The fourth-order valence-electron chi connectivity index (χ4n) is 1.18. The van der Waals surface area contributed by atoms with Gasteiger partial charge in [-0.2, -0.15) is 0 Å². The molecule has 0 bridgehead atoms. The molecule has 0 unspecified atom stereocenters. The molecule has 2 aromatic heterocycles. The Labute approximate surface area is 81.7 Å². The van der Waals surface area contributed by atoms with Gasteiger partial charge < -0.3 is 0 Å². The van der Waals surface area contributed by atoms with Gasteiger partial charge >= 0.3 is 0 Å². The average Bonchev–Trinajstić information content (AvgIpc) is 2.46. The van der Waals surface area contributed by atoms with E-state index in [1.807, 2.05) is 13.0 Å². The summed E-state index contributed by atoms with van der Waals surface area (Å²) >= 11 is 1.74. The van der Waals surface area contributed by atoms with Crippen molar-refractivity contribution in [3.63, 3.8) is 0 Å². The Balaban J connectivity index is 2.62. The van der Waals surface area contributed by atoms with E-state index in [1.54, 1.807) is 11.3 Å². The molecule has 0 fully saturated rings. The molecule has 0 aliphatic carbocycles. The molecule has 13 heavy (non-hydrogen) atoms. The van der Waals surface area contributed by atoms with Crippen molar-refractivity contribution in [3.05, 3.63) is 22.8 Å². The van der Waals surface area contributed by atoms with Gasteiger partial charge in [0.25, 0.3) is 0 Å². The minimum absolute atomic E-state index is 0.500.